The summed E-state index contributed by atoms with van der Waals surface area (Å²) in [5.41, 5.74) is 3.62. The van der Waals surface area contributed by atoms with Crippen LogP contribution < -0.4 is 14.4 Å². The Morgan fingerprint density at radius 3 is 2.28 bits per heavy atom. The van der Waals surface area contributed by atoms with Crippen LogP contribution in [0.2, 0.25) is 0 Å². The fourth-order valence-corrected chi connectivity index (χ4v) is 4.28. The molecule has 2 aromatic carbocycles. The van der Waals surface area contributed by atoms with Crippen LogP contribution in [0.25, 0.3) is 0 Å². The summed E-state index contributed by atoms with van der Waals surface area (Å²) < 4.78 is 31.8. The highest BCUT2D eigenvalue weighted by atomic mass is 32.2. The van der Waals surface area contributed by atoms with Gasteiger partial charge in [0.2, 0.25) is 15.9 Å². The third kappa shape index (κ3) is 6.22. The minimum atomic E-state index is -3.63. The Morgan fingerprint density at radius 2 is 1.69 bits per heavy atom. The second-order valence-electron chi connectivity index (χ2n) is 7.23. The Labute approximate surface area is 173 Å². The van der Waals surface area contributed by atoms with Gasteiger partial charge in [0.1, 0.15) is 18.4 Å². The Hall–Kier alpha value is -2.54. The average molecular weight is 419 g/mol. The van der Waals surface area contributed by atoms with Crippen molar-refractivity contribution in [3.05, 3.63) is 59.2 Å². The highest BCUT2D eigenvalue weighted by Crippen LogP contribution is 2.23. The Morgan fingerprint density at radius 1 is 1.07 bits per heavy atom. The van der Waals surface area contributed by atoms with Crippen molar-refractivity contribution < 1.29 is 17.9 Å². The standard InChI is InChI=1S/C22H30N2O4S/c1-6-20(24(29(5,26)27)19-11-8-16(2)9-12-19)22(25)23-13-14-28-21-15-17(3)7-10-18(21)4/h7-12,15,20H,6,13-14H2,1-5H3,(H,23,25). The van der Waals surface area contributed by atoms with Gasteiger partial charge in [-0.1, -0.05) is 36.8 Å². The molecule has 0 aromatic heterocycles. The number of amides is 1. The zero-order valence-electron chi connectivity index (χ0n) is 17.7. The van der Waals surface area contributed by atoms with E-state index in [0.29, 0.717) is 18.7 Å². The molecule has 0 aliphatic rings. The number of ether oxygens (including phenoxy) is 1. The number of aryl methyl sites for hydroxylation is 3. The first kappa shape index (κ1) is 22.7. The van der Waals surface area contributed by atoms with E-state index in [9.17, 15) is 13.2 Å². The highest BCUT2D eigenvalue weighted by Gasteiger charge is 2.31. The molecule has 1 N–H and O–H groups in total. The molecule has 1 amide bonds. The molecule has 0 aliphatic heterocycles. The molecule has 2 rings (SSSR count). The predicted octanol–water partition coefficient (Wildman–Crippen LogP) is 3.35. The second kappa shape index (κ2) is 9.78. The lowest BCUT2D eigenvalue weighted by Gasteiger charge is -2.30. The number of anilines is 1. The Kier molecular flexibility index (Phi) is 7.67. The molecule has 0 saturated heterocycles. The molecule has 1 unspecified atom stereocenters. The fraction of sp³-hybridized carbons (Fsp3) is 0.409. The van der Waals surface area contributed by atoms with Gasteiger partial charge in [-0.15, -0.1) is 0 Å². The lowest BCUT2D eigenvalue weighted by Crippen LogP contribution is -2.50. The van der Waals surface area contributed by atoms with Crippen molar-refractivity contribution in [2.45, 2.75) is 40.2 Å². The third-order valence-electron chi connectivity index (χ3n) is 4.62. The summed E-state index contributed by atoms with van der Waals surface area (Å²) in [7, 11) is -3.63. The maximum Gasteiger partial charge on any atom is 0.244 e. The summed E-state index contributed by atoms with van der Waals surface area (Å²) in [5.74, 6) is 0.437. The molecule has 6 nitrogen and oxygen atoms in total. The Bertz CT molecular complexity index is 940. The van der Waals surface area contributed by atoms with Crippen molar-refractivity contribution in [1.29, 1.82) is 0 Å². The molecule has 0 bridgehead atoms. The molecule has 0 radical (unpaired) electrons. The topological polar surface area (TPSA) is 75.7 Å². The van der Waals surface area contributed by atoms with Gasteiger partial charge in [0.05, 0.1) is 18.5 Å². The number of nitrogens with one attached hydrogen (secondary N) is 1. The Balaban J connectivity index is 2.05. The summed E-state index contributed by atoms with van der Waals surface area (Å²) >= 11 is 0. The van der Waals surface area contributed by atoms with Crippen molar-refractivity contribution in [3.8, 4) is 5.75 Å². The van der Waals surface area contributed by atoms with E-state index in [4.69, 9.17) is 4.74 Å². The summed E-state index contributed by atoms with van der Waals surface area (Å²) in [6, 6.07) is 12.2. The summed E-state index contributed by atoms with van der Waals surface area (Å²) in [6.45, 7) is 8.26. The van der Waals surface area contributed by atoms with Crippen molar-refractivity contribution in [3.63, 3.8) is 0 Å². The van der Waals surface area contributed by atoms with Gasteiger partial charge in [0.15, 0.2) is 0 Å². The number of hydrogen-bond donors (Lipinski definition) is 1. The molecule has 2 aromatic rings. The molecule has 7 heteroatoms. The first-order valence-corrected chi connectivity index (χ1v) is 11.5. The maximum atomic E-state index is 12.8. The smallest absolute Gasteiger partial charge is 0.244 e. The summed E-state index contributed by atoms with van der Waals surface area (Å²) in [6.07, 6.45) is 1.47. The monoisotopic (exact) mass is 418 g/mol. The van der Waals surface area contributed by atoms with Crippen LogP contribution in [-0.2, 0) is 14.8 Å². The lowest BCUT2D eigenvalue weighted by atomic mass is 10.1. The van der Waals surface area contributed by atoms with E-state index in [1.165, 1.54) is 4.31 Å². The largest absolute Gasteiger partial charge is 0.491 e. The maximum absolute atomic E-state index is 12.8. The van der Waals surface area contributed by atoms with Gasteiger partial charge in [-0.3, -0.25) is 9.10 Å². The first-order valence-electron chi connectivity index (χ1n) is 9.67. The second-order valence-corrected chi connectivity index (χ2v) is 9.09. The van der Waals surface area contributed by atoms with Crippen molar-refractivity contribution in [2.24, 2.45) is 0 Å². The van der Waals surface area contributed by atoms with E-state index in [-0.39, 0.29) is 12.5 Å². The first-order chi connectivity index (χ1) is 13.6. The molecule has 0 fully saturated rings. The minimum absolute atomic E-state index is 0.286. The molecule has 0 spiro atoms. The van der Waals surface area contributed by atoms with Crippen LogP contribution in [0, 0.1) is 20.8 Å². The number of sulfonamides is 1. The number of hydrogen-bond acceptors (Lipinski definition) is 4. The molecule has 29 heavy (non-hydrogen) atoms. The molecule has 0 saturated carbocycles. The molecular formula is C22H30N2O4S. The van der Waals surface area contributed by atoms with Crippen LogP contribution >= 0.6 is 0 Å². The number of benzene rings is 2. The van der Waals surface area contributed by atoms with E-state index >= 15 is 0 Å². The number of nitrogens with zero attached hydrogens (tertiary/aromatic N) is 1. The van der Waals surface area contributed by atoms with Crippen molar-refractivity contribution >= 4 is 21.6 Å². The van der Waals surface area contributed by atoms with E-state index in [0.717, 1.165) is 28.7 Å². The van der Waals surface area contributed by atoms with Gasteiger partial charge >= 0.3 is 0 Å². The van der Waals surface area contributed by atoms with Crippen LogP contribution in [0.1, 0.15) is 30.0 Å². The van der Waals surface area contributed by atoms with Gasteiger partial charge in [-0.05, 0) is 56.5 Å². The van der Waals surface area contributed by atoms with Gasteiger partial charge in [0.25, 0.3) is 0 Å². The quantitative estimate of drug-likeness (QED) is 0.634. The molecule has 158 valence electrons. The molecule has 1 atom stereocenters. The van der Waals surface area contributed by atoms with Gasteiger partial charge in [-0.25, -0.2) is 8.42 Å². The van der Waals surface area contributed by atoms with E-state index in [2.05, 4.69) is 5.32 Å². The SMILES string of the molecule is CCC(C(=O)NCCOc1cc(C)ccc1C)N(c1ccc(C)cc1)S(C)(=O)=O. The van der Waals surface area contributed by atoms with E-state index in [1.807, 2.05) is 51.1 Å². The number of carbonyl (C=O) groups excluding carboxylic acids is 1. The van der Waals surface area contributed by atoms with E-state index < -0.39 is 16.1 Å². The van der Waals surface area contributed by atoms with Gasteiger partial charge < -0.3 is 10.1 Å². The van der Waals surface area contributed by atoms with Gasteiger partial charge in [0, 0.05) is 0 Å². The van der Waals surface area contributed by atoms with Crippen LogP contribution in [0.4, 0.5) is 5.69 Å². The molecule has 0 aliphatic carbocycles. The molecular weight excluding hydrogens is 388 g/mol. The van der Waals surface area contributed by atoms with Crippen LogP contribution in [0.15, 0.2) is 42.5 Å². The number of carbonyl (C=O) groups is 1. The highest BCUT2D eigenvalue weighted by molar-refractivity contribution is 7.92. The van der Waals surface area contributed by atoms with Gasteiger partial charge in [-0.2, -0.15) is 0 Å². The zero-order chi connectivity index (χ0) is 21.6. The fourth-order valence-electron chi connectivity index (χ4n) is 3.07. The van der Waals surface area contributed by atoms with Crippen molar-refractivity contribution in [1.82, 2.24) is 5.32 Å². The number of rotatable bonds is 9. The minimum Gasteiger partial charge on any atom is -0.491 e. The summed E-state index contributed by atoms with van der Waals surface area (Å²) in [5, 5.41) is 2.80. The average Bonchev–Trinajstić information content (AvgIpc) is 2.65. The molecule has 0 heterocycles. The van der Waals surface area contributed by atoms with Crippen molar-refractivity contribution in [2.75, 3.05) is 23.7 Å². The normalized spacial score (nSPS) is 12.3. The van der Waals surface area contributed by atoms with Crippen LogP contribution in [-0.4, -0.2) is 39.8 Å². The third-order valence-corrected chi connectivity index (χ3v) is 5.80. The predicted molar refractivity (Wildman–Crippen MR) is 117 cm³/mol. The van der Waals surface area contributed by atoms with E-state index in [1.54, 1.807) is 19.1 Å². The van der Waals surface area contributed by atoms with Crippen LogP contribution in [0.5, 0.6) is 5.75 Å². The zero-order valence-corrected chi connectivity index (χ0v) is 18.5. The lowest BCUT2D eigenvalue weighted by molar-refractivity contribution is -0.122. The summed E-state index contributed by atoms with van der Waals surface area (Å²) in [4.78, 5) is 12.8. The van der Waals surface area contributed by atoms with Crippen LogP contribution in [0.3, 0.4) is 0 Å².